The molecule has 1 N–H and O–H groups in total. The first kappa shape index (κ1) is 12.0. The molecule has 1 aromatic heterocycles. The molecule has 0 unspecified atom stereocenters. The Kier molecular flexibility index (Phi) is 3.68. The highest BCUT2D eigenvalue weighted by molar-refractivity contribution is 7.92. The monoisotopic (exact) mass is 227 g/mol. The van der Waals surface area contributed by atoms with Gasteiger partial charge in [-0.1, -0.05) is 13.8 Å². The maximum Gasteiger partial charge on any atom is 0.229 e. The quantitative estimate of drug-likeness (QED) is 0.850. The van der Waals surface area contributed by atoms with Crippen molar-refractivity contribution in [1.82, 2.24) is 4.98 Å². The Morgan fingerprint density at radius 3 is 2.47 bits per heavy atom. The van der Waals surface area contributed by atoms with Crippen LogP contribution in [0.25, 0.3) is 0 Å². The third-order valence-electron chi connectivity index (χ3n) is 1.66. The molecule has 0 amide bonds. The number of anilines is 1. The number of sulfonamides is 1. The summed E-state index contributed by atoms with van der Waals surface area (Å²) in [7, 11) is -3.21. The van der Waals surface area contributed by atoms with Crippen LogP contribution in [0.5, 0.6) is 0 Å². The third kappa shape index (κ3) is 4.78. The zero-order valence-corrected chi connectivity index (χ0v) is 9.93. The zero-order chi connectivity index (χ0) is 11.5. The Morgan fingerprint density at radius 1 is 1.40 bits per heavy atom. The van der Waals surface area contributed by atoms with Gasteiger partial charge in [-0.05, 0) is 24.5 Å². The van der Waals surface area contributed by atoms with E-state index in [1.807, 2.05) is 19.9 Å². The predicted molar refractivity (Wildman–Crippen MR) is 61.0 cm³/mol. The number of hydrogen-bond donors (Lipinski definition) is 1. The van der Waals surface area contributed by atoms with Crippen molar-refractivity contribution < 1.29 is 8.42 Å². The molecule has 4 nitrogen and oxygen atoms in total. The van der Waals surface area contributed by atoms with E-state index >= 15 is 0 Å². The van der Waals surface area contributed by atoms with E-state index in [9.17, 15) is 8.42 Å². The standard InChI is InChI=1S/C10H15N2O2S/c1-8(2)6-9-4-5-10(7-11-9)12-15(3,13)14/h4-5,7,12H,6H2,1-3H3. The van der Waals surface area contributed by atoms with Crippen molar-refractivity contribution in [3.05, 3.63) is 29.9 Å². The maximum absolute atomic E-state index is 10.9. The van der Waals surface area contributed by atoms with E-state index in [0.717, 1.165) is 18.4 Å². The molecule has 0 saturated carbocycles. The predicted octanol–water partition coefficient (Wildman–Crippen LogP) is 1.61. The van der Waals surface area contributed by atoms with Crippen molar-refractivity contribution in [2.24, 2.45) is 0 Å². The van der Waals surface area contributed by atoms with Crippen LogP contribution in [-0.2, 0) is 16.4 Å². The van der Waals surface area contributed by atoms with Gasteiger partial charge >= 0.3 is 0 Å². The van der Waals surface area contributed by atoms with Crippen molar-refractivity contribution in [3.8, 4) is 0 Å². The lowest BCUT2D eigenvalue weighted by Crippen LogP contribution is -2.09. The van der Waals surface area contributed by atoms with Gasteiger partial charge in [0.15, 0.2) is 0 Å². The summed E-state index contributed by atoms with van der Waals surface area (Å²) in [5, 5.41) is 0. The lowest BCUT2D eigenvalue weighted by atomic mass is 10.1. The van der Waals surface area contributed by atoms with Crippen LogP contribution in [0, 0.1) is 5.92 Å². The minimum absolute atomic E-state index is 0.495. The van der Waals surface area contributed by atoms with Crippen molar-refractivity contribution in [1.29, 1.82) is 0 Å². The second kappa shape index (κ2) is 4.61. The van der Waals surface area contributed by atoms with Gasteiger partial charge in [0.2, 0.25) is 10.0 Å². The van der Waals surface area contributed by atoms with Crippen LogP contribution in [0.15, 0.2) is 18.3 Å². The highest BCUT2D eigenvalue weighted by Gasteiger charge is 2.03. The van der Waals surface area contributed by atoms with Crippen LogP contribution in [-0.4, -0.2) is 19.7 Å². The SMILES string of the molecule is C[C](C)Cc1ccc(NS(C)(=O)=O)cn1. The number of pyridine rings is 1. The molecule has 0 bridgehead atoms. The van der Waals surface area contributed by atoms with Crippen LogP contribution >= 0.6 is 0 Å². The lowest BCUT2D eigenvalue weighted by molar-refractivity contribution is 0.607. The fourth-order valence-electron chi connectivity index (χ4n) is 1.17. The van der Waals surface area contributed by atoms with Gasteiger partial charge in [-0.15, -0.1) is 0 Å². The Hall–Kier alpha value is -1.10. The smallest absolute Gasteiger partial charge is 0.229 e. The molecule has 0 saturated heterocycles. The topological polar surface area (TPSA) is 59.1 Å². The second-order valence-electron chi connectivity index (χ2n) is 3.80. The minimum Gasteiger partial charge on any atom is -0.282 e. The molecule has 1 radical (unpaired) electrons. The van der Waals surface area contributed by atoms with E-state index < -0.39 is 10.0 Å². The summed E-state index contributed by atoms with van der Waals surface area (Å²) < 4.78 is 24.2. The molecule has 0 aliphatic rings. The molecular weight excluding hydrogens is 212 g/mol. The van der Waals surface area contributed by atoms with Gasteiger partial charge in [-0.25, -0.2) is 8.42 Å². The van der Waals surface area contributed by atoms with Gasteiger partial charge in [0.1, 0.15) is 0 Å². The molecule has 1 aromatic rings. The van der Waals surface area contributed by atoms with E-state index in [1.165, 1.54) is 12.1 Å². The molecule has 83 valence electrons. The molecule has 0 aliphatic carbocycles. The second-order valence-corrected chi connectivity index (χ2v) is 5.54. The van der Waals surface area contributed by atoms with E-state index in [2.05, 4.69) is 9.71 Å². The lowest BCUT2D eigenvalue weighted by Gasteiger charge is -2.06. The molecule has 1 rings (SSSR count). The summed E-state index contributed by atoms with van der Waals surface area (Å²) in [6.45, 7) is 4.06. The van der Waals surface area contributed by atoms with Crippen molar-refractivity contribution in [2.75, 3.05) is 11.0 Å². The molecule has 0 aromatic carbocycles. The van der Waals surface area contributed by atoms with Gasteiger partial charge in [-0.2, -0.15) is 0 Å². The van der Waals surface area contributed by atoms with Crippen molar-refractivity contribution in [3.63, 3.8) is 0 Å². The van der Waals surface area contributed by atoms with E-state index in [-0.39, 0.29) is 0 Å². The van der Waals surface area contributed by atoms with E-state index in [1.54, 1.807) is 6.07 Å². The fourth-order valence-corrected chi connectivity index (χ4v) is 1.71. The summed E-state index contributed by atoms with van der Waals surface area (Å²) in [6, 6.07) is 3.53. The number of nitrogens with zero attached hydrogens (tertiary/aromatic N) is 1. The normalized spacial score (nSPS) is 11.7. The van der Waals surface area contributed by atoms with Crippen LogP contribution in [0.3, 0.4) is 0 Å². The Labute approximate surface area is 90.8 Å². The summed E-state index contributed by atoms with van der Waals surface area (Å²) in [6.07, 6.45) is 3.46. The van der Waals surface area contributed by atoms with Crippen LogP contribution in [0.1, 0.15) is 19.5 Å². The number of nitrogens with one attached hydrogen (secondary N) is 1. The first-order valence-electron chi connectivity index (χ1n) is 4.58. The van der Waals surface area contributed by atoms with E-state index in [0.29, 0.717) is 5.69 Å². The Morgan fingerprint density at radius 2 is 2.07 bits per heavy atom. The summed E-state index contributed by atoms with van der Waals surface area (Å²) in [5.41, 5.74) is 1.43. The van der Waals surface area contributed by atoms with Crippen LogP contribution < -0.4 is 4.72 Å². The zero-order valence-electron chi connectivity index (χ0n) is 9.11. The summed E-state index contributed by atoms with van der Waals surface area (Å²) in [4.78, 5) is 4.16. The highest BCUT2D eigenvalue weighted by atomic mass is 32.2. The highest BCUT2D eigenvalue weighted by Crippen LogP contribution is 2.11. The molecular formula is C10H15N2O2S. The Bertz CT molecular complexity index is 410. The summed E-state index contributed by atoms with van der Waals surface area (Å²) >= 11 is 0. The van der Waals surface area contributed by atoms with Gasteiger partial charge in [-0.3, -0.25) is 9.71 Å². The molecule has 0 spiro atoms. The molecule has 15 heavy (non-hydrogen) atoms. The van der Waals surface area contributed by atoms with E-state index in [4.69, 9.17) is 0 Å². The van der Waals surface area contributed by atoms with Crippen LogP contribution in [0.2, 0.25) is 0 Å². The molecule has 0 aliphatic heterocycles. The van der Waals surface area contributed by atoms with Gasteiger partial charge in [0, 0.05) is 5.69 Å². The number of rotatable bonds is 4. The van der Waals surface area contributed by atoms with Gasteiger partial charge in [0.05, 0.1) is 18.1 Å². The van der Waals surface area contributed by atoms with Gasteiger partial charge < -0.3 is 0 Å². The van der Waals surface area contributed by atoms with Crippen LogP contribution in [0.4, 0.5) is 5.69 Å². The molecule has 0 atom stereocenters. The molecule has 0 fully saturated rings. The fraction of sp³-hybridized carbons (Fsp3) is 0.400. The molecule has 1 heterocycles. The third-order valence-corrected chi connectivity index (χ3v) is 2.27. The maximum atomic E-state index is 10.9. The molecule has 5 heteroatoms. The first-order valence-corrected chi connectivity index (χ1v) is 6.48. The Balaban J connectivity index is 2.73. The van der Waals surface area contributed by atoms with Crippen molar-refractivity contribution in [2.45, 2.75) is 20.3 Å². The first-order chi connectivity index (χ1) is 6.87. The van der Waals surface area contributed by atoms with Gasteiger partial charge in [0.25, 0.3) is 0 Å². The minimum atomic E-state index is -3.21. The van der Waals surface area contributed by atoms with Crippen molar-refractivity contribution >= 4 is 15.7 Å². The summed E-state index contributed by atoms with van der Waals surface area (Å²) in [5.74, 6) is 1.27. The average Bonchev–Trinajstić information content (AvgIpc) is 2.05. The number of hydrogen-bond acceptors (Lipinski definition) is 3. The number of aromatic nitrogens is 1. The average molecular weight is 227 g/mol. The largest absolute Gasteiger partial charge is 0.282 e.